The Hall–Kier alpha value is -1.77. The van der Waals surface area contributed by atoms with Crippen molar-refractivity contribution in [3.8, 4) is 11.3 Å². The normalized spacial score (nSPS) is 10.6. The van der Waals surface area contributed by atoms with Gasteiger partial charge in [0.05, 0.1) is 0 Å². The molecule has 0 bridgehead atoms. The molecule has 1 aromatic heterocycles. The highest BCUT2D eigenvalue weighted by Gasteiger charge is 2.15. The van der Waals surface area contributed by atoms with Gasteiger partial charge in [-0.15, -0.1) is 0 Å². The number of benzene rings is 1. The van der Waals surface area contributed by atoms with Crippen molar-refractivity contribution >= 4 is 5.88 Å². The summed E-state index contributed by atoms with van der Waals surface area (Å²) in [4.78, 5) is 0. The van der Waals surface area contributed by atoms with Gasteiger partial charge in [0.1, 0.15) is 5.69 Å². The molecule has 16 heavy (non-hydrogen) atoms. The van der Waals surface area contributed by atoms with Crippen molar-refractivity contribution in [3.05, 3.63) is 35.4 Å². The molecule has 0 fully saturated rings. The Bertz CT molecular complexity index is 488. The van der Waals surface area contributed by atoms with Crippen LogP contribution in [-0.2, 0) is 12.8 Å². The first-order valence-electron chi connectivity index (χ1n) is 5.60. The first-order chi connectivity index (χ1) is 7.77. The third-order valence-corrected chi connectivity index (χ3v) is 2.83. The van der Waals surface area contributed by atoms with E-state index in [-0.39, 0.29) is 0 Å². The van der Waals surface area contributed by atoms with Crippen LogP contribution in [-0.4, -0.2) is 5.16 Å². The SMILES string of the molecule is CCc1ccccc1-c1noc(N)c1CC. The van der Waals surface area contributed by atoms with E-state index in [0.717, 1.165) is 29.7 Å². The standard InChI is InChI=1S/C13H16N2O/c1-3-9-7-5-6-8-11(9)12-10(4-2)13(14)16-15-12/h5-8H,3-4,14H2,1-2H3. The van der Waals surface area contributed by atoms with Crippen molar-refractivity contribution in [2.45, 2.75) is 26.7 Å². The Kier molecular flexibility index (Phi) is 2.95. The van der Waals surface area contributed by atoms with E-state index in [0.29, 0.717) is 5.88 Å². The highest BCUT2D eigenvalue weighted by Crippen LogP contribution is 2.30. The van der Waals surface area contributed by atoms with Crippen LogP contribution in [0.2, 0.25) is 0 Å². The number of rotatable bonds is 3. The maximum atomic E-state index is 5.75. The van der Waals surface area contributed by atoms with E-state index in [4.69, 9.17) is 10.3 Å². The van der Waals surface area contributed by atoms with Crippen LogP contribution < -0.4 is 5.73 Å². The van der Waals surface area contributed by atoms with Crippen molar-refractivity contribution in [1.29, 1.82) is 0 Å². The van der Waals surface area contributed by atoms with E-state index >= 15 is 0 Å². The van der Waals surface area contributed by atoms with Crippen LogP contribution in [0.3, 0.4) is 0 Å². The second-order valence-corrected chi connectivity index (χ2v) is 3.74. The first kappa shape index (κ1) is 10.7. The lowest BCUT2D eigenvalue weighted by atomic mass is 9.99. The summed E-state index contributed by atoms with van der Waals surface area (Å²) >= 11 is 0. The monoisotopic (exact) mass is 216 g/mol. The molecule has 0 aliphatic rings. The molecule has 0 spiro atoms. The minimum absolute atomic E-state index is 0.434. The van der Waals surface area contributed by atoms with Gasteiger partial charge in [-0.1, -0.05) is 43.3 Å². The topological polar surface area (TPSA) is 52.0 Å². The Morgan fingerprint density at radius 1 is 1.19 bits per heavy atom. The van der Waals surface area contributed by atoms with Gasteiger partial charge in [0.15, 0.2) is 0 Å². The van der Waals surface area contributed by atoms with Crippen molar-refractivity contribution in [2.75, 3.05) is 5.73 Å². The second-order valence-electron chi connectivity index (χ2n) is 3.74. The largest absolute Gasteiger partial charge is 0.367 e. The maximum Gasteiger partial charge on any atom is 0.225 e. The summed E-state index contributed by atoms with van der Waals surface area (Å²) in [5.74, 6) is 0.434. The van der Waals surface area contributed by atoms with Gasteiger partial charge < -0.3 is 10.3 Å². The van der Waals surface area contributed by atoms with Crippen LogP contribution in [0.1, 0.15) is 25.0 Å². The molecule has 0 atom stereocenters. The van der Waals surface area contributed by atoms with E-state index < -0.39 is 0 Å². The molecule has 2 rings (SSSR count). The Morgan fingerprint density at radius 2 is 1.94 bits per heavy atom. The fraction of sp³-hybridized carbons (Fsp3) is 0.308. The minimum atomic E-state index is 0.434. The van der Waals surface area contributed by atoms with Crippen molar-refractivity contribution < 1.29 is 4.52 Å². The molecule has 0 saturated heterocycles. The summed E-state index contributed by atoms with van der Waals surface area (Å²) in [5, 5.41) is 4.07. The number of hydrogen-bond acceptors (Lipinski definition) is 3. The lowest BCUT2D eigenvalue weighted by molar-refractivity contribution is 0.438. The number of aromatic nitrogens is 1. The molecule has 0 radical (unpaired) electrons. The molecule has 2 aromatic rings. The summed E-state index contributed by atoms with van der Waals surface area (Å²) in [6, 6.07) is 8.23. The molecule has 3 nitrogen and oxygen atoms in total. The van der Waals surface area contributed by atoms with Crippen molar-refractivity contribution in [2.24, 2.45) is 0 Å². The van der Waals surface area contributed by atoms with Gasteiger partial charge in [0.2, 0.25) is 5.88 Å². The molecular weight excluding hydrogens is 200 g/mol. The number of nitrogens with two attached hydrogens (primary N) is 1. The number of anilines is 1. The second kappa shape index (κ2) is 4.39. The Labute approximate surface area is 95.3 Å². The molecule has 0 aliphatic heterocycles. The quantitative estimate of drug-likeness (QED) is 0.857. The fourth-order valence-corrected chi connectivity index (χ4v) is 1.93. The zero-order valence-corrected chi connectivity index (χ0v) is 9.66. The van der Waals surface area contributed by atoms with E-state index in [2.05, 4.69) is 31.1 Å². The van der Waals surface area contributed by atoms with Crippen LogP contribution in [0.15, 0.2) is 28.8 Å². The molecule has 1 aromatic carbocycles. The molecular formula is C13H16N2O. The van der Waals surface area contributed by atoms with E-state index in [1.54, 1.807) is 0 Å². The summed E-state index contributed by atoms with van der Waals surface area (Å²) in [7, 11) is 0. The lowest BCUT2D eigenvalue weighted by Gasteiger charge is -2.05. The first-order valence-corrected chi connectivity index (χ1v) is 5.60. The summed E-state index contributed by atoms with van der Waals surface area (Å²) < 4.78 is 5.07. The molecule has 0 unspecified atom stereocenters. The zero-order chi connectivity index (χ0) is 11.5. The summed E-state index contributed by atoms with van der Waals surface area (Å²) in [6.45, 7) is 4.19. The molecule has 0 saturated carbocycles. The average molecular weight is 216 g/mol. The van der Waals surface area contributed by atoms with E-state index in [1.165, 1.54) is 5.56 Å². The fourth-order valence-electron chi connectivity index (χ4n) is 1.93. The average Bonchev–Trinajstić information content (AvgIpc) is 2.70. The van der Waals surface area contributed by atoms with Crippen molar-refractivity contribution in [1.82, 2.24) is 5.16 Å². The van der Waals surface area contributed by atoms with Crippen LogP contribution in [0.4, 0.5) is 5.88 Å². The molecule has 1 heterocycles. The van der Waals surface area contributed by atoms with Crippen LogP contribution in [0.5, 0.6) is 0 Å². The van der Waals surface area contributed by atoms with Crippen molar-refractivity contribution in [3.63, 3.8) is 0 Å². The molecule has 2 N–H and O–H groups in total. The zero-order valence-electron chi connectivity index (χ0n) is 9.66. The minimum Gasteiger partial charge on any atom is -0.367 e. The smallest absolute Gasteiger partial charge is 0.225 e. The van der Waals surface area contributed by atoms with Gasteiger partial charge in [-0.2, -0.15) is 0 Å². The lowest BCUT2D eigenvalue weighted by Crippen LogP contribution is -1.93. The van der Waals surface area contributed by atoms with Gasteiger partial charge in [-0.05, 0) is 18.4 Å². The molecule has 0 aliphatic carbocycles. The Balaban J connectivity index is 2.58. The summed E-state index contributed by atoms with van der Waals surface area (Å²) in [5.41, 5.74) is 10.0. The molecule has 0 amide bonds. The predicted molar refractivity (Wildman–Crippen MR) is 65.1 cm³/mol. The predicted octanol–water partition coefficient (Wildman–Crippen LogP) is 3.05. The van der Waals surface area contributed by atoms with Crippen LogP contribution >= 0.6 is 0 Å². The molecule has 3 heteroatoms. The number of nitrogen functional groups attached to an aromatic ring is 1. The van der Waals surface area contributed by atoms with Gasteiger partial charge in [-0.25, -0.2) is 0 Å². The van der Waals surface area contributed by atoms with Crippen LogP contribution in [0.25, 0.3) is 11.3 Å². The molecule has 84 valence electrons. The van der Waals surface area contributed by atoms with Crippen LogP contribution in [0, 0.1) is 0 Å². The number of hydrogen-bond donors (Lipinski definition) is 1. The number of nitrogens with zero attached hydrogens (tertiary/aromatic N) is 1. The summed E-state index contributed by atoms with van der Waals surface area (Å²) in [6.07, 6.45) is 1.81. The van der Waals surface area contributed by atoms with E-state index in [1.807, 2.05) is 12.1 Å². The van der Waals surface area contributed by atoms with Gasteiger partial charge in [0.25, 0.3) is 0 Å². The third kappa shape index (κ3) is 1.69. The third-order valence-electron chi connectivity index (χ3n) is 2.83. The van der Waals surface area contributed by atoms with Gasteiger partial charge in [-0.3, -0.25) is 0 Å². The maximum absolute atomic E-state index is 5.75. The van der Waals surface area contributed by atoms with Gasteiger partial charge >= 0.3 is 0 Å². The Morgan fingerprint density at radius 3 is 2.62 bits per heavy atom. The highest BCUT2D eigenvalue weighted by molar-refractivity contribution is 5.70. The number of aryl methyl sites for hydroxylation is 1. The highest BCUT2D eigenvalue weighted by atomic mass is 16.5. The van der Waals surface area contributed by atoms with E-state index in [9.17, 15) is 0 Å². The van der Waals surface area contributed by atoms with Gasteiger partial charge in [0, 0.05) is 11.1 Å².